The van der Waals surface area contributed by atoms with E-state index in [0.29, 0.717) is 40.4 Å². The number of hydrogen-bond donors (Lipinski definition) is 2. The van der Waals surface area contributed by atoms with Gasteiger partial charge in [-0.3, -0.25) is 9.59 Å². The van der Waals surface area contributed by atoms with Gasteiger partial charge < -0.3 is 20.1 Å². The lowest BCUT2D eigenvalue weighted by atomic mass is 10.2. The van der Waals surface area contributed by atoms with Gasteiger partial charge in [0, 0.05) is 39.6 Å². The van der Waals surface area contributed by atoms with E-state index in [-0.39, 0.29) is 24.8 Å². The Morgan fingerprint density at radius 3 is 2.35 bits per heavy atom. The van der Waals surface area contributed by atoms with Crippen molar-refractivity contribution in [3.63, 3.8) is 0 Å². The van der Waals surface area contributed by atoms with Gasteiger partial charge in [0.15, 0.2) is 11.5 Å². The number of halogens is 2. The quantitative estimate of drug-likeness (QED) is 0.679. The van der Waals surface area contributed by atoms with Crippen LogP contribution in [-0.2, 0) is 4.79 Å². The van der Waals surface area contributed by atoms with Crippen LogP contribution in [0.4, 0.5) is 5.69 Å². The van der Waals surface area contributed by atoms with E-state index < -0.39 is 0 Å². The maximum atomic E-state index is 12.1. The first kappa shape index (κ1) is 18.7. The molecule has 0 aromatic heterocycles. The number of fused-ring (bicyclic) bond motifs is 1. The number of amides is 2. The largest absolute Gasteiger partial charge is 0.486 e. The van der Waals surface area contributed by atoms with Gasteiger partial charge in [-0.15, -0.1) is 0 Å². The molecule has 0 radical (unpaired) electrons. The minimum absolute atomic E-state index is 0.156. The molecule has 0 atom stereocenters. The molecule has 2 aromatic carbocycles. The van der Waals surface area contributed by atoms with Crippen molar-refractivity contribution in [2.45, 2.75) is 6.42 Å². The van der Waals surface area contributed by atoms with Crippen LogP contribution >= 0.6 is 31.9 Å². The highest BCUT2D eigenvalue weighted by atomic mass is 79.9. The summed E-state index contributed by atoms with van der Waals surface area (Å²) in [4.78, 5) is 24.1. The normalized spacial score (nSPS) is 12.4. The van der Waals surface area contributed by atoms with E-state index in [4.69, 9.17) is 9.47 Å². The SMILES string of the molecule is O=C(CCNC(=O)c1ccc(Br)cc1)Nc1cc2c(cc1Br)OCCO2. The van der Waals surface area contributed by atoms with Gasteiger partial charge in [-0.2, -0.15) is 0 Å². The highest BCUT2D eigenvalue weighted by Gasteiger charge is 2.16. The minimum atomic E-state index is -0.217. The number of carbonyl (C=O) groups excluding carboxylic acids is 2. The van der Waals surface area contributed by atoms with E-state index in [2.05, 4.69) is 42.5 Å². The first-order chi connectivity index (χ1) is 12.5. The van der Waals surface area contributed by atoms with Gasteiger partial charge in [0.05, 0.1) is 5.69 Å². The van der Waals surface area contributed by atoms with Crippen LogP contribution in [0.2, 0.25) is 0 Å². The summed E-state index contributed by atoms with van der Waals surface area (Å²) < 4.78 is 12.6. The second-order valence-electron chi connectivity index (χ2n) is 5.54. The van der Waals surface area contributed by atoms with Crippen molar-refractivity contribution >= 4 is 49.4 Å². The monoisotopic (exact) mass is 482 g/mol. The molecule has 136 valence electrons. The summed E-state index contributed by atoms with van der Waals surface area (Å²) in [5.74, 6) is 0.811. The van der Waals surface area contributed by atoms with Crippen LogP contribution in [0.15, 0.2) is 45.3 Å². The zero-order valence-corrected chi connectivity index (χ0v) is 16.9. The number of nitrogens with one attached hydrogen (secondary N) is 2. The lowest BCUT2D eigenvalue weighted by molar-refractivity contribution is -0.116. The molecular weight excluding hydrogens is 468 g/mol. The summed E-state index contributed by atoms with van der Waals surface area (Å²) in [6.07, 6.45) is 0.156. The van der Waals surface area contributed by atoms with Gasteiger partial charge in [0.25, 0.3) is 5.91 Å². The highest BCUT2D eigenvalue weighted by Crippen LogP contribution is 2.38. The molecule has 2 amide bonds. The molecule has 0 saturated heterocycles. The molecule has 8 heteroatoms. The lowest BCUT2D eigenvalue weighted by Gasteiger charge is -2.20. The fraction of sp³-hybridized carbons (Fsp3) is 0.222. The molecule has 3 rings (SSSR count). The van der Waals surface area contributed by atoms with E-state index in [1.54, 1.807) is 36.4 Å². The number of carbonyl (C=O) groups is 2. The number of anilines is 1. The van der Waals surface area contributed by atoms with E-state index in [1.807, 2.05) is 0 Å². The Labute approximate surface area is 167 Å². The van der Waals surface area contributed by atoms with Crippen LogP contribution in [0.1, 0.15) is 16.8 Å². The highest BCUT2D eigenvalue weighted by molar-refractivity contribution is 9.10. The number of hydrogen-bond acceptors (Lipinski definition) is 4. The van der Waals surface area contributed by atoms with Crippen molar-refractivity contribution in [2.24, 2.45) is 0 Å². The topological polar surface area (TPSA) is 76.7 Å². The molecule has 0 saturated carbocycles. The Balaban J connectivity index is 1.51. The Kier molecular flexibility index (Phi) is 6.16. The smallest absolute Gasteiger partial charge is 0.251 e. The van der Waals surface area contributed by atoms with Gasteiger partial charge in [-0.1, -0.05) is 15.9 Å². The maximum absolute atomic E-state index is 12.1. The van der Waals surface area contributed by atoms with Crippen LogP contribution in [0.5, 0.6) is 11.5 Å². The molecule has 0 spiro atoms. The molecule has 0 bridgehead atoms. The van der Waals surface area contributed by atoms with Crippen LogP contribution in [0.25, 0.3) is 0 Å². The second kappa shape index (κ2) is 8.55. The maximum Gasteiger partial charge on any atom is 0.251 e. The summed E-state index contributed by atoms with van der Waals surface area (Å²) in [6, 6.07) is 10.5. The molecule has 6 nitrogen and oxygen atoms in total. The predicted octanol–water partition coefficient (Wildman–Crippen LogP) is 3.74. The van der Waals surface area contributed by atoms with Crippen molar-refractivity contribution in [1.29, 1.82) is 0 Å². The van der Waals surface area contributed by atoms with Gasteiger partial charge >= 0.3 is 0 Å². The summed E-state index contributed by atoms with van der Waals surface area (Å²) >= 11 is 6.73. The summed E-state index contributed by atoms with van der Waals surface area (Å²) in [6.45, 7) is 1.22. The standard InChI is InChI=1S/C18H16Br2N2O4/c19-12-3-1-11(2-4-12)18(24)21-6-5-17(23)22-14-10-16-15(9-13(14)20)25-7-8-26-16/h1-4,9-10H,5-8H2,(H,21,24)(H,22,23). The molecule has 2 N–H and O–H groups in total. The van der Waals surface area contributed by atoms with Gasteiger partial charge in [-0.05, 0) is 40.2 Å². The van der Waals surface area contributed by atoms with Crippen molar-refractivity contribution in [3.05, 3.63) is 50.9 Å². The molecule has 1 heterocycles. The van der Waals surface area contributed by atoms with Crippen molar-refractivity contribution in [2.75, 3.05) is 25.1 Å². The fourth-order valence-corrected chi connectivity index (χ4v) is 3.05. The Morgan fingerprint density at radius 1 is 1.00 bits per heavy atom. The summed E-state index contributed by atoms with van der Waals surface area (Å²) in [7, 11) is 0. The van der Waals surface area contributed by atoms with Crippen LogP contribution in [0, 0.1) is 0 Å². The van der Waals surface area contributed by atoms with Crippen molar-refractivity contribution in [3.8, 4) is 11.5 Å². The zero-order chi connectivity index (χ0) is 18.5. The zero-order valence-electron chi connectivity index (χ0n) is 13.7. The minimum Gasteiger partial charge on any atom is -0.486 e. The Hall–Kier alpha value is -2.06. The molecule has 1 aliphatic rings. The van der Waals surface area contributed by atoms with E-state index in [9.17, 15) is 9.59 Å². The Morgan fingerprint density at radius 2 is 1.65 bits per heavy atom. The fourth-order valence-electron chi connectivity index (χ4n) is 2.37. The lowest BCUT2D eigenvalue weighted by Crippen LogP contribution is -2.27. The molecule has 0 fully saturated rings. The summed E-state index contributed by atoms with van der Waals surface area (Å²) in [5.41, 5.74) is 1.14. The van der Waals surface area contributed by atoms with Gasteiger partial charge in [-0.25, -0.2) is 0 Å². The second-order valence-corrected chi connectivity index (χ2v) is 7.31. The van der Waals surface area contributed by atoms with E-state index >= 15 is 0 Å². The number of rotatable bonds is 5. The van der Waals surface area contributed by atoms with Crippen LogP contribution in [-0.4, -0.2) is 31.6 Å². The molecule has 0 unspecified atom stereocenters. The van der Waals surface area contributed by atoms with E-state index in [0.717, 1.165) is 4.47 Å². The van der Waals surface area contributed by atoms with Crippen LogP contribution < -0.4 is 20.1 Å². The average Bonchev–Trinajstić information content (AvgIpc) is 2.63. The first-order valence-electron chi connectivity index (χ1n) is 7.95. The molecule has 26 heavy (non-hydrogen) atoms. The molecule has 0 aliphatic carbocycles. The first-order valence-corrected chi connectivity index (χ1v) is 9.54. The van der Waals surface area contributed by atoms with Gasteiger partial charge in [0.2, 0.25) is 5.91 Å². The molecular formula is C18H16Br2N2O4. The number of benzene rings is 2. The Bertz CT molecular complexity index is 825. The third kappa shape index (κ3) is 4.76. The van der Waals surface area contributed by atoms with Gasteiger partial charge in [0.1, 0.15) is 13.2 Å². The average molecular weight is 484 g/mol. The van der Waals surface area contributed by atoms with Crippen molar-refractivity contribution in [1.82, 2.24) is 5.32 Å². The number of ether oxygens (including phenoxy) is 2. The van der Waals surface area contributed by atoms with Crippen molar-refractivity contribution < 1.29 is 19.1 Å². The molecule has 2 aromatic rings. The third-order valence-corrected chi connectivity index (χ3v) is 4.83. The van der Waals surface area contributed by atoms with Crippen LogP contribution in [0.3, 0.4) is 0 Å². The molecule has 1 aliphatic heterocycles. The summed E-state index contributed by atoms with van der Waals surface area (Å²) in [5, 5.41) is 5.53. The third-order valence-electron chi connectivity index (χ3n) is 3.65. The predicted molar refractivity (Wildman–Crippen MR) is 105 cm³/mol. The van der Waals surface area contributed by atoms with E-state index in [1.165, 1.54) is 0 Å².